The lowest BCUT2D eigenvalue weighted by Crippen LogP contribution is -2.16. The summed E-state index contributed by atoms with van der Waals surface area (Å²) in [6.45, 7) is 2.54. The van der Waals surface area contributed by atoms with Gasteiger partial charge in [-0.2, -0.15) is 0 Å². The van der Waals surface area contributed by atoms with Crippen molar-refractivity contribution >= 4 is 28.9 Å². The fourth-order valence-corrected chi connectivity index (χ4v) is 1.97. The Bertz CT molecular complexity index is 629. The number of hydrogen-bond acceptors (Lipinski definition) is 2. The molecule has 0 aliphatic rings. The number of hydrogen-bond donors (Lipinski definition) is 2. The van der Waals surface area contributed by atoms with Gasteiger partial charge in [0.05, 0.1) is 5.02 Å². The first-order valence-corrected chi connectivity index (χ1v) is 6.98. The average Bonchev–Trinajstić information content (AvgIpc) is 2.45. The summed E-state index contributed by atoms with van der Waals surface area (Å²) in [5.74, 6) is -0.659. The Labute approximate surface area is 128 Å². The number of halogens is 2. The topological polar surface area (TPSA) is 41.1 Å². The van der Waals surface area contributed by atoms with Gasteiger partial charge in [0, 0.05) is 24.3 Å². The van der Waals surface area contributed by atoms with E-state index < -0.39 is 5.82 Å². The van der Waals surface area contributed by atoms with Crippen LogP contribution < -0.4 is 10.6 Å². The third kappa shape index (κ3) is 4.76. The molecule has 2 N–H and O–H groups in total. The first kappa shape index (κ1) is 15.3. The van der Waals surface area contributed by atoms with Crippen molar-refractivity contribution < 1.29 is 9.18 Å². The molecule has 2 rings (SSSR count). The summed E-state index contributed by atoms with van der Waals surface area (Å²) in [5.41, 5.74) is 2.64. The quantitative estimate of drug-likeness (QED) is 0.868. The summed E-state index contributed by atoms with van der Waals surface area (Å²) in [7, 11) is 0. The number of carbonyl (C=O) groups is 1. The van der Waals surface area contributed by atoms with Gasteiger partial charge in [0.25, 0.3) is 0 Å². The Morgan fingerprint density at radius 1 is 1.14 bits per heavy atom. The number of benzene rings is 2. The maximum atomic E-state index is 13.0. The van der Waals surface area contributed by atoms with Gasteiger partial charge in [0.15, 0.2) is 0 Å². The molecule has 0 heterocycles. The van der Waals surface area contributed by atoms with Gasteiger partial charge in [-0.05, 0) is 37.3 Å². The van der Waals surface area contributed by atoms with E-state index in [-0.39, 0.29) is 10.9 Å². The van der Waals surface area contributed by atoms with Crippen LogP contribution >= 0.6 is 11.6 Å². The summed E-state index contributed by atoms with van der Waals surface area (Å²) in [6, 6.07) is 12.0. The van der Waals surface area contributed by atoms with Crippen molar-refractivity contribution in [2.45, 2.75) is 13.3 Å². The molecule has 0 spiro atoms. The van der Waals surface area contributed by atoms with Gasteiger partial charge in [-0.25, -0.2) is 4.39 Å². The fraction of sp³-hybridized carbons (Fsp3) is 0.188. The molecule has 3 nitrogen and oxygen atoms in total. The minimum absolute atomic E-state index is 0.00872. The molecule has 0 unspecified atom stereocenters. The third-order valence-electron chi connectivity index (χ3n) is 2.94. The Hall–Kier alpha value is -2.07. The molecule has 0 radical (unpaired) electrons. The van der Waals surface area contributed by atoms with E-state index in [2.05, 4.69) is 10.6 Å². The zero-order chi connectivity index (χ0) is 15.2. The number of anilines is 2. The number of amides is 1. The Balaban J connectivity index is 1.79. The molecule has 0 aliphatic heterocycles. The lowest BCUT2D eigenvalue weighted by atomic mass is 10.2. The van der Waals surface area contributed by atoms with Gasteiger partial charge < -0.3 is 10.6 Å². The molecule has 0 bridgehead atoms. The molecule has 0 saturated heterocycles. The Morgan fingerprint density at radius 3 is 2.48 bits per heavy atom. The first-order valence-electron chi connectivity index (χ1n) is 6.60. The predicted octanol–water partition coefficient (Wildman–Crippen LogP) is 4.23. The molecule has 1 amide bonds. The number of carbonyl (C=O) groups excluding carboxylic acids is 1. The van der Waals surface area contributed by atoms with Crippen molar-refractivity contribution in [1.29, 1.82) is 0 Å². The molecule has 0 fully saturated rings. The van der Waals surface area contributed by atoms with Gasteiger partial charge in [0.1, 0.15) is 5.82 Å². The zero-order valence-corrected chi connectivity index (χ0v) is 12.4. The number of rotatable bonds is 5. The summed E-state index contributed by atoms with van der Waals surface area (Å²) >= 11 is 5.66. The molecule has 110 valence electrons. The summed E-state index contributed by atoms with van der Waals surface area (Å²) in [4.78, 5) is 11.8. The largest absolute Gasteiger partial charge is 0.385 e. The van der Waals surface area contributed by atoms with E-state index in [4.69, 9.17) is 11.6 Å². The van der Waals surface area contributed by atoms with Gasteiger partial charge >= 0.3 is 0 Å². The van der Waals surface area contributed by atoms with Gasteiger partial charge in [-0.3, -0.25) is 4.79 Å². The van der Waals surface area contributed by atoms with Crippen LogP contribution in [0, 0.1) is 12.7 Å². The van der Waals surface area contributed by atoms with Gasteiger partial charge in [0.2, 0.25) is 5.91 Å². The Morgan fingerprint density at radius 2 is 1.81 bits per heavy atom. The second kappa shape index (κ2) is 7.09. The molecule has 2 aromatic rings. The van der Waals surface area contributed by atoms with E-state index in [0.717, 1.165) is 5.69 Å². The van der Waals surface area contributed by atoms with Crippen molar-refractivity contribution in [2.24, 2.45) is 0 Å². The Kier molecular flexibility index (Phi) is 5.17. The SMILES string of the molecule is Cc1ccc(NCCC(=O)Nc2ccc(F)c(Cl)c2)cc1. The molecule has 5 heteroatoms. The maximum Gasteiger partial charge on any atom is 0.226 e. The average molecular weight is 307 g/mol. The van der Waals surface area contributed by atoms with Crippen LogP contribution in [0.25, 0.3) is 0 Å². The van der Waals surface area contributed by atoms with E-state index in [0.29, 0.717) is 18.7 Å². The monoisotopic (exact) mass is 306 g/mol. The van der Waals surface area contributed by atoms with E-state index in [1.807, 2.05) is 31.2 Å². The second-order valence-electron chi connectivity index (χ2n) is 4.72. The van der Waals surface area contributed by atoms with Crippen LogP contribution in [0.1, 0.15) is 12.0 Å². The van der Waals surface area contributed by atoms with Crippen LogP contribution in [0.5, 0.6) is 0 Å². The molecule has 2 aromatic carbocycles. The predicted molar refractivity (Wildman–Crippen MR) is 84.3 cm³/mol. The van der Waals surface area contributed by atoms with Crippen LogP contribution in [0.15, 0.2) is 42.5 Å². The normalized spacial score (nSPS) is 10.2. The second-order valence-corrected chi connectivity index (χ2v) is 5.13. The van der Waals surface area contributed by atoms with Crippen LogP contribution in [0.2, 0.25) is 5.02 Å². The molecular weight excluding hydrogens is 291 g/mol. The molecule has 0 aliphatic carbocycles. The fourth-order valence-electron chi connectivity index (χ4n) is 1.79. The van der Waals surface area contributed by atoms with E-state index in [1.165, 1.54) is 23.8 Å². The molecule has 0 atom stereocenters. The van der Waals surface area contributed by atoms with Gasteiger partial charge in [-0.15, -0.1) is 0 Å². The molecule has 0 aromatic heterocycles. The molecule has 21 heavy (non-hydrogen) atoms. The van der Waals surface area contributed by atoms with Crippen molar-refractivity contribution in [3.05, 3.63) is 58.9 Å². The van der Waals surface area contributed by atoms with Crippen LogP contribution in [0.4, 0.5) is 15.8 Å². The highest BCUT2D eigenvalue weighted by Gasteiger charge is 2.05. The molecular formula is C16H16ClFN2O. The zero-order valence-electron chi connectivity index (χ0n) is 11.6. The van der Waals surface area contributed by atoms with Crippen LogP contribution in [-0.2, 0) is 4.79 Å². The van der Waals surface area contributed by atoms with Crippen molar-refractivity contribution in [1.82, 2.24) is 0 Å². The summed E-state index contributed by atoms with van der Waals surface area (Å²) in [6.07, 6.45) is 0.308. The minimum atomic E-state index is -0.504. The standard InChI is InChI=1S/C16H16ClFN2O/c1-11-2-4-12(5-3-11)19-9-8-16(21)20-13-6-7-15(18)14(17)10-13/h2-7,10,19H,8-9H2,1H3,(H,20,21). The highest BCUT2D eigenvalue weighted by Crippen LogP contribution is 2.19. The third-order valence-corrected chi connectivity index (χ3v) is 3.23. The minimum Gasteiger partial charge on any atom is -0.385 e. The lowest BCUT2D eigenvalue weighted by Gasteiger charge is -2.08. The van der Waals surface area contributed by atoms with Crippen LogP contribution in [-0.4, -0.2) is 12.5 Å². The van der Waals surface area contributed by atoms with E-state index >= 15 is 0 Å². The smallest absolute Gasteiger partial charge is 0.226 e. The molecule has 0 saturated carbocycles. The maximum absolute atomic E-state index is 13.0. The van der Waals surface area contributed by atoms with Crippen molar-refractivity contribution in [2.75, 3.05) is 17.2 Å². The number of aryl methyl sites for hydroxylation is 1. The number of nitrogens with one attached hydrogen (secondary N) is 2. The van der Waals surface area contributed by atoms with E-state index in [9.17, 15) is 9.18 Å². The summed E-state index contributed by atoms with van der Waals surface area (Å²) < 4.78 is 13.0. The highest BCUT2D eigenvalue weighted by atomic mass is 35.5. The van der Waals surface area contributed by atoms with Gasteiger partial charge in [-0.1, -0.05) is 29.3 Å². The highest BCUT2D eigenvalue weighted by molar-refractivity contribution is 6.31. The van der Waals surface area contributed by atoms with Crippen molar-refractivity contribution in [3.63, 3.8) is 0 Å². The van der Waals surface area contributed by atoms with E-state index in [1.54, 1.807) is 0 Å². The van der Waals surface area contributed by atoms with Crippen molar-refractivity contribution in [3.8, 4) is 0 Å². The first-order chi connectivity index (χ1) is 10.0. The van der Waals surface area contributed by atoms with Crippen LogP contribution in [0.3, 0.4) is 0 Å². The summed E-state index contributed by atoms with van der Waals surface area (Å²) in [5, 5.41) is 5.83. The lowest BCUT2D eigenvalue weighted by molar-refractivity contribution is -0.115.